The molecule has 2 nitrogen and oxygen atoms in total. The van der Waals surface area contributed by atoms with Crippen LogP contribution in [-0.4, -0.2) is 6.61 Å². The van der Waals surface area contributed by atoms with Crippen molar-refractivity contribution in [2.24, 2.45) is 11.7 Å². The number of halogens is 1. The standard InChI is InChI=1S/C14H22ClNO/c1-4-5-14(16)12-7-6-11(8-13(12)15)17-9-10(2)3/h6-8,10,14H,4-5,9,16H2,1-3H3. The van der Waals surface area contributed by atoms with Gasteiger partial charge < -0.3 is 10.5 Å². The van der Waals surface area contributed by atoms with E-state index in [1.165, 1.54) is 0 Å². The summed E-state index contributed by atoms with van der Waals surface area (Å²) in [6, 6.07) is 5.79. The van der Waals surface area contributed by atoms with E-state index >= 15 is 0 Å². The molecule has 0 aromatic heterocycles. The van der Waals surface area contributed by atoms with E-state index in [2.05, 4.69) is 20.8 Å². The second-order valence-electron chi connectivity index (χ2n) is 4.78. The van der Waals surface area contributed by atoms with Gasteiger partial charge in [-0.15, -0.1) is 0 Å². The lowest BCUT2D eigenvalue weighted by Crippen LogP contribution is -2.10. The molecule has 3 heteroatoms. The molecule has 96 valence electrons. The van der Waals surface area contributed by atoms with Crippen molar-refractivity contribution in [1.29, 1.82) is 0 Å². The number of nitrogens with two attached hydrogens (primary N) is 1. The topological polar surface area (TPSA) is 35.2 Å². The van der Waals surface area contributed by atoms with Crippen LogP contribution in [0.2, 0.25) is 5.02 Å². The average Bonchev–Trinajstić information content (AvgIpc) is 2.26. The van der Waals surface area contributed by atoms with Gasteiger partial charge in [0.15, 0.2) is 0 Å². The molecule has 1 atom stereocenters. The molecule has 0 saturated heterocycles. The molecule has 1 rings (SSSR count). The fraction of sp³-hybridized carbons (Fsp3) is 0.571. The lowest BCUT2D eigenvalue weighted by atomic mass is 10.0. The molecule has 0 aliphatic rings. The van der Waals surface area contributed by atoms with Crippen molar-refractivity contribution in [3.63, 3.8) is 0 Å². The van der Waals surface area contributed by atoms with Gasteiger partial charge in [0.1, 0.15) is 5.75 Å². The van der Waals surface area contributed by atoms with Gasteiger partial charge in [0, 0.05) is 11.1 Å². The van der Waals surface area contributed by atoms with Gasteiger partial charge in [-0.2, -0.15) is 0 Å². The van der Waals surface area contributed by atoms with Crippen LogP contribution in [0.25, 0.3) is 0 Å². The fourth-order valence-corrected chi connectivity index (χ4v) is 1.94. The van der Waals surface area contributed by atoms with Gasteiger partial charge in [-0.25, -0.2) is 0 Å². The minimum Gasteiger partial charge on any atom is -0.493 e. The highest BCUT2D eigenvalue weighted by Gasteiger charge is 2.10. The van der Waals surface area contributed by atoms with Crippen LogP contribution in [0.15, 0.2) is 18.2 Å². The third-order valence-corrected chi connectivity index (χ3v) is 2.88. The predicted molar refractivity (Wildman–Crippen MR) is 73.6 cm³/mol. The molecule has 1 aromatic carbocycles. The molecule has 0 radical (unpaired) electrons. The largest absolute Gasteiger partial charge is 0.493 e. The quantitative estimate of drug-likeness (QED) is 0.828. The summed E-state index contributed by atoms with van der Waals surface area (Å²) in [5, 5.41) is 0.701. The lowest BCUT2D eigenvalue weighted by Gasteiger charge is -2.14. The van der Waals surface area contributed by atoms with Gasteiger partial charge in [0.05, 0.1) is 6.61 Å². The Morgan fingerprint density at radius 3 is 2.59 bits per heavy atom. The van der Waals surface area contributed by atoms with Gasteiger partial charge in [-0.1, -0.05) is 44.9 Å². The van der Waals surface area contributed by atoms with Crippen LogP contribution in [0.1, 0.15) is 45.2 Å². The van der Waals surface area contributed by atoms with E-state index in [1.807, 2.05) is 18.2 Å². The predicted octanol–water partition coefficient (Wildman–Crippen LogP) is 4.17. The number of rotatable bonds is 6. The molecule has 2 N–H and O–H groups in total. The Morgan fingerprint density at radius 1 is 1.35 bits per heavy atom. The van der Waals surface area contributed by atoms with Crippen LogP contribution < -0.4 is 10.5 Å². The van der Waals surface area contributed by atoms with Crippen molar-refractivity contribution in [1.82, 2.24) is 0 Å². The zero-order valence-corrected chi connectivity index (χ0v) is 11.6. The molecule has 0 spiro atoms. The number of hydrogen-bond acceptors (Lipinski definition) is 2. The minimum atomic E-state index is 0.0200. The van der Waals surface area contributed by atoms with Gasteiger partial charge in [-0.3, -0.25) is 0 Å². The van der Waals surface area contributed by atoms with E-state index in [0.29, 0.717) is 17.5 Å². The summed E-state index contributed by atoms with van der Waals surface area (Å²) in [5.41, 5.74) is 7.06. The molecule has 0 fully saturated rings. The van der Waals surface area contributed by atoms with Crippen LogP contribution in [0, 0.1) is 5.92 Å². The summed E-state index contributed by atoms with van der Waals surface area (Å²) in [7, 11) is 0. The van der Waals surface area contributed by atoms with Crippen LogP contribution in [0.5, 0.6) is 5.75 Å². The van der Waals surface area contributed by atoms with Crippen molar-refractivity contribution in [2.45, 2.75) is 39.7 Å². The van der Waals surface area contributed by atoms with E-state index in [9.17, 15) is 0 Å². The lowest BCUT2D eigenvalue weighted by molar-refractivity contribution is 0.271. The first-order valence-corrected chi connectivity index (χ1v) is 6.60. The highest BCUT2D eigenvalue weighted by molar-refractivity contribution is 6.31. The third kappa shape index (κ3) is 4.57. The molecule has 0 aliphatic heterocycles. The number of ether oxygens (including phenoxy) is 1. The van der Waals surface area contributed by atoms with Gasteiger partial charge in [0.2, 0.25) is 0 Å². The molecule has 0 saturated carbocycles. The van der Waals surface area contributed by atoms with Gasteiger partial charge >= 0.3 is 0 Å². The first kappa shape index (κ1) is 14.3. The minimum absolute atomic E-state index is 0.0200. The molecule has 0 heterocycles. The first-order valence-electron chi connectivity index (χ1n) is 6.22. The Labute approximate surface area is 109 Å². The van der Waals surface area contributed by atoms with Gasteiger partial charge in [0.25, 0.3) is 0 Å². The smallest absolute Gasteiger partial charge is 0.120 e. The Balaban J connectivity index is 2.72. The monoisotopic (exact) mass is 255 g/mol. The Morgan fingerprint density at radius 2 is 2.06 bits per heavy atom. The molecule has 0 aliphatic carbocycles. The van der Waals surface area contributed by atoms with E-state index < -0.39 is 0 Å². The Bertz CT molecular complexity index is 352. The average molecular weight is 256 g/mol. The number of hydrogen-bond donors (Lipinski definition) is 1. The summed E-state index contributed by atoms with van der Waals surface area (Å²) in [4.78, 5) is 0. The maximum absolute atomic E-state index is 6.22. The van der Waals surface area contributed by atoms with E-state index in [4.69, 9.17) is 22.1 Å². The molecule has 17 heavy (non-hydrogen) atoms. The highest BCUT2D eigenvalue weighted by Crippen LogP contribution is 2.28. The Kier molecular flexibility index (Phi) is 5.79. The molecule has 1 aromatic rings. The Hall–Kier alpha value is -0.730. The van der Waals surface area contributed by atoms with Crippen molar-refractivity contribution in [2.75, 3.05) is 6.61 Å². The van der Waals surface area contributed by atoms with Gasteiger partial charge in [-0.05, 0) is 30.0 Å². The van der Waals surface area contributed by atoms with Crippen molar-refractivity contribution in [3.8, 4) is 5.75 Å². The van der Waals surface area contributed by atoms with Crippen molar-refractivity contribution in [3.05, 3.63) is 28.8 Å². The number of benzene rings is 1. The second-order valence-corrected chi connectivity index (χ2v) is 5.19. The summed E-state index contributed by atoms with van der Waals surface area (Å²) in [6.07, 6.45) is 2.01. The highest BCUT2D eigenvalue weighted by atomic mass is 35.5. The third-order valence-electron chi connectivity index (χ3n) is 2.55. The van der Waals surface area contributed by atoms with Crippen molar-refractivity contribution < 1.29 is 4.74 Å². The zero-order chi connectivity index (χ0) is 12.8. The fourth-order valence-electron chi connectivity index (χ4n) is 1.63. The van der Waals surface area contributed by atoms with Crippen molar-refractivity contribution >= 4 is 11.6 Å². The molecular formula is C14H22ClNO. The van der Waals surface area contributed by atoms with Crippen LogP contribution in [0.4, 0.5) is 0 Å². The summed E-state index contributed by atoms with van der Waals surface area (Å²) < 4.78 is 5.62. The van der Waals surface area contributed by atoms with Crippen LogP contribution >= 0.6 is 11.6 Å². The molecule has 0 bridgehead atoms. The maximum Gasteiger partial charge on any atom is 0.120 e. The van der Waals surface area contributed by atoms with E-state index in [0.717, 1.165) is 24.2 Å². The SMILES string of the molecule is CCCC(N)c1ccc(OCC(C)C)cc1Cl. The van der Waals surface area contributed by atoms with E-state index in [-0.39, 0.29) is 6.04 Å². The second kappa shape index (κ2) is 6.87. The normalized spacial score (nSPS) is 12.8. The molecule has 0 amide bonds. The van der Waals surface area contributed by atoms with Crippen LogP contribution in [-0.2, 0) is 0 Å². The summed E-state index contributed by atoms with van der Waals surface area (Å²) >= 11 is 6.22. The van der Waals surface area contributed by atoms with E-state index in [1.54, 1.807) is 0 Å². The summed E-state index contributed by atoms with van der Waals surface area (Å²) in [6.45, 7) is 7.06. The molecular weight excluding hydrogens is 234 g/mol. The summed E-state index contributed by atoms with van der Waals surface area (Å²) in [5.74, 6) is 1.33. The maximum atomic E-state index is 6.22. The van der Waals surface area contributed by atoms with Crippen LogP contribution in [0.3, 0.4) is 0 Å². The molecule has 1 unspecified atom stereocenters. The first-order chi connectivity index (χ1) is 8.04. The zero-order valence-electron chi connectivity index (χ0n) is 10.9.